The highest BCUT2D eigenvalue weighted by Gasteiger charge is 2.22. The van der Waals surface area contributed by atoms with Gasteiger partial charge in [-0.05, 0) is 17.2 Å². The van der Waals surface area contributed by atoms with Crippen LogP contribution in [0.5, 0.6) is 0 Å². The maximum absolute atomic E-state index is 12.5. The van der Waals surface area contributed by atoms with Gasteiger partial charge in [-0.1, -0.05) is 47.2 Å². The van der Waals surface area contributed by atoms with Crippen LogP contribution in [-0.4, -0.2) is 48.1 Å². The molecule has 0 bridgehead atoms. The number of aromatic nitrogens is 4. The normalized spacial score (nSPS) is 11.7. The molecule has 25 heavy (non-hydrogen) atoms. The Morgan fingerprint density at radius 2 is 2.00 bits per heavy atom. The first-order chi connectivity index (χ1) is 11.9. The molecule has 0 saturated carbocycles. The van der Waals surface area contributed by atoms with E-state index in [-0.39, 0.29) is 17.0 Å². The van der Waals surface area contributed by atoms with Crippen LogP contribution in [0.4, 0.5) is 5.95 Å². The molecule has 2 rings (SSSR count). The summed E-state index contributed by atoms with van der Waals surface area (Å²) < 4.78 is 0. The van der Waals surface area contributed by atoms with Crippen molar-refractivity contribution < 1.29 is 19.5 Å². The lowest BCUT2D eigenvalue weighted by atomic mass is 10.0. The Morgan fingerprint density at radius 1 is 1.28 bits per heavy atom. The lowest BCUT2D eigenvalue weighted by Crippen LogP contribution is -2.27. The zero-order valence-corrected chi connectivity index (χ0v) is 14.3. The van der Waals surface area contributed by atoms with Gasteiger partial charge in [-0.15, -0.1) is 5.10 Å². The summed E-state index contributed by atoms with van der Waals surface area (Å²) in [6.45, 7) is 0.998. The van der Waals surface area contributed by atoms with E-state index in [0.29, 0.717) is 12.2 Å². The molecule has 10 heteroatoms. The lowest BCUT2D eigenvalue weighted by Gasteiger charge is -2.14. The molecule has 0 aliphatic heterocycles. The highest BCUT2D eigenvalue weighted by atomic mass is 32.2. The number of tetrazole rings is 1. The van der Waals surface area contributed by atoms with Gasteiger partial charge in [0.05, 0.1) is 5.92 Å². The fourth-order valence-corrected chi connectivity index (χ4v) is 2.74. The second kappa shape index (κ2) is 8.92. The second-order valence-corrected chi connectivity index (χ2v) is 6.41. The van der Waals surface area contributed by atoms with Crippen molar-refractivity contribution in [3.63, 3.8) is 0 Å². The molecule has 1 atom stereocenters. The molecule has 1 amide bonds. The van der Waals surface area contributed by atoms with E-state index in [9.17, 15) is 14.4 Å². The van der Waals surface area contributed by atoms with Crippen molar-refractivity contribution in [3.05, 3.63) is 35.9 Å². The number of carbonyl (C=O) groups is 3. The highest BCUT2D eigenvalue weighted by Crippen LogP contribution is 2.17. The smallest absolute Gasteiger partial charge is 0.327 e. The maximum atomic E-state index is 12.5. The van der Waals surface area contributed by atoms with E-state index in [1.807, 2.05) is 30.3 Å². The number of hydrogen-bond donors (Lipinski definition) is 2. The van der Waals surface area contributed by atoms with Crippen LogP contribution in [0, 0.1) is 5.92 Å². The predicted molar refractivity (Wildman–Crippen MR) is 90.9 cm³/mol. The Kier molecular flexibility index (Phi) is 6.63. The van der Waals surface area contributed by atoms with Crippen molar-refractivity contribution in [1.29, 1.82) is 0 Å². The summed E-state index contributed by atoms with van der Waals surface area (Å²) in [5.74, 6) is -1.69. The molecule has 0 fully saturated rings. The number of aliphatic carboxylic acids is 1. The van der Waals surface area contributed by atoms with Gasteiger partial charge in [0.1, 0.15) is 0 Å². The number of carboxylic acid groups (broad SMARTS) is 1. The quantitative estimate of drug-likeness (QED) is 0.706. The van der Waals surface area contributed by atoms with Crippen molar-refractivity contribution >= 4 is 34.7 Å². The summed E-state index contributed by atoms with van der Waals surface area (Å²) in [5, 5.41) is 22.1. The van der Waals surface area contributed by atoms with E-state index in [4.69, 9.17) is 5.11 Å². The summed E-state index contributed by atoms with van der Waals surface area (Å²) in [6.07, 6.45) is 0.455. The number of rotatable bonds is 8. The second-order valence-electron chi connectivity index (χ2n) is 5.22. The van der Waals surface area contributed by atoms with Crippen molar-refractivity contribution in [1.82, 2.24) is 20.2 Å². The number of anilines is 1. The third kappa shape index (κ3) is 6.34. The van der Waals surface area contributed by atoms with Crippen LogP contribution in [0.3, 0.4) is 0 Å². The summed E-state index contributed by atoms with van der Waals surface area (Å²) >= 11 is 1.07. The van der Waals surface area contributed by atoms with E-state index in [1.54, 1.807) is 0 Å². The van der Waals surface area contributed by atoms with E-state index < -0.39 is 18.4 Å². The zero-order chi connectivity index (χ0) is 18.2. The van der Waals surface area contributed by atoms with Gasteiger partial charge in [0, 0.05) is 12.7 Å². The molecular weight excluding hydrogens is 346 g/mol. The number of carboxylic acids is 1. The molecule has 2 N–H and O–H groups in total. The fourth-order valence-electron chi connectivity index (χ4n) is 2.04. The Morgan fingerprint density at radius 3 is 2.64 bits per heavy atom. The number of thioether (sulfide) groups is 1. The summed E-state index contributed by atoms with van der Waals surface area (Å²) in [7, 11) is 0. The van der Waals surface area contributed by atoms with E-state index >= 15 is 0 Å². The van der Waals surface area contributed by atoms with E-state index in [2.05, 4.69) is 20.7 Å². The van der Waals surface area contributed by atoms with Crippen LogP contribution >= 0.6 is 11.8 Å². The molecule has 2 aromatic rings. The predicted octanol–water partition coefficient (Wildman–Crippen LogP) is 0.835. The van der Waals surface area contributed by atoms with Crippen LogP contribution < -0.4 is 5.32 Å². The molecule has 1 aromatic heterocycles. The molecule has 0 aliphatic rings. The third-order valence-corrected chi connectivity index (χ3v) is 4.12. The highest BCUT2D eigenvalue weighted by molar-refractivity contribution is 8.13. The average molecular weight is 363 g/mol. The average Bonchev–Trinajstić information content (AvgIpc) is 2.98. The van der Waals surface area contributed by atoms with Gasteiger partial charge < -0.3 is 5.11 Å². The Bertz CT molecular complexity index is 749. The summed E-state index contributed by atoms with van der Waals surface area (Å²) in [4.78, 5) is 35.2. The number of benzene rings is 1. The third-order valence-electron chi connectivity index (χ3n) is 3.15. The minimum absolute atomic E-state index is 0.0721. The van der Waals surface area contributed by atoms with Crippen molar-refractivity contribution in [2.24, 2.45) is 5.92 Å². The molecule has 0 unspecified atom stereocenters. The van der Waals surface area contributed by atoms with Gasteiger partial charge in [-0.2, -0.15) is 4.80 Å². The minimum atomic E-state index is -1.12. The number of carbonyl (C=O) groups excluding carboxylic acids is 2. The first-order valence-electron chi connectivity index (χ1n) is 7.42. The first-order valence-corrected chi connectivity index (χ1v) is 8.40. The van der Waals surface area contributed by atoms with Crippen LogP contribution in [0.15, 0.2) is 30.3 Å². The van der Waals surface area contributed by atoms with Crippen LogP contribution in [0.2, 0.25) is 0 Å². The molecule has 132 valence electrons. The van der Waals surface area contributed by atoms with Crippen molar-refractivity contribution in [2.75, 3.05) is 11.1 Å². The zero-order valence-electron chi connectivity index (χ0n) is 13.5. The molecule has 9 nitrogen and oxygen atoms in total. The SMILES string of the molecule is CC(=O)SC[C@@H](Cc1ccccc1)C(=O)Nc1nnn(CC(=O)O)n1. The van der Waals surface area contributed by atoms with Crippen LogP contribution in [-0.2, 0) is 27.3 Å². The van der Waals surface area contributed by atoms with E-state index in [1.165, 1.54) is 6.92 Å². The Labute approximate surface area is 147 Å². The monoisotopic (exact) mass is 363 g/mol. The molecule has 1 aromatic carbocycles. The topological polar surface area (TPSA) is 127 Å². The fraction of sp³-hybridized carbons (Fsp3) is 0.333. The molecule has 0 saturated heterocycles. The van der Waals surface area contributed by atoms with Crippen LogP contribution in [0.1, 0.15) is 12.5 Å². The minimum Gasteiger partial charge on any atom is -0.480 e. The Hall–Kier alpha value is -2.75. The van der Waals surface area contributed by atoms with Gasteiger partial charge in [0.15, 0.2) is 11.7 Å². The number of hydrogen-bond acceptors (Lipinski definition) is 7. The summed E-state index contributed by atoms with van der Waals surface area (Å²) in [5.41, 5.74) is 0.967. The summed E-state index contributed by atoms with van der Waals surface area (Å²) in [6, 6.07) is 9.44. The van der Waals surface area contributed by atoms with E-state index in [0.717, 1.165) is 22.1 Å². The van der Waals surface area contributed by atoms with Gasteiger partial charge in [-0.25, -0.2) is 0 Å². The molecule has 0 radical (unpaired) electrons. The lowest BCUT2D eigenvalue weighted by molar-refractivity contribution is -0.138. The largest absolute Gasteiger partial charge is 0.480 e. The van der Waals surface area contributed by atoms with Gasteiger partial charge >= 0.3 is 5.97 Å². The first kappa shape index (κ1) is 18.6. The van der Waals surface area contributed by atoms with Crippen molar-refractivity contribution in [2.45, 2.75) is 19.9 Å². The van der Waals surface area contributed by atoms with Crippen LogP contribution in [0.25, 0.3) is 0 Å². The van der Waals surface area contributed by atoms with Crippen molar-refractivity contribution in [3.8, 4) is 0 Å². The molecule has 0 spiro atoms. The Balaban J connectivity index is 2.04. The maximum Gasteiger partial charge on any atom is 0.327 e. The number of nitrogens with zero attached hydrogens (tertiary/aromatic N) is 4. The van der Waals surface area contributed by atoms with Gasteiger partial charge in [0.25, 0.3) is 5.95 Å². The number of nitrogens with one attached hydrogen (secondary N) is 1. The molecule has 1 heterocycles. The number of amides is 1. The molecular formula is C15H17N5O4S. The van der Waals surface area contributed by atoms with Gasteiger partial charge in [-0.3, -0.25) is 19.7 Å². The standard InChI is InChI=1S/C15H17N5O4S/c1-10(21)25-9-12(7-11-5-3-2-4-6-11)14(24)16-15-17-19-20(18-15)8-13(22)23/h2-6,12H,7-9H2,1H3,(H,22,23)(H,16,18,24)/t12-/m1/s1. The molecule has 0 aliphatic carbocycles. The van der Waals surface area contributed by atoms with Gasteiger partial charge in [0.2, 0.25) is 5.91 Å².